The predicted octanol–water partition coefficient (Wildman–Crippen LogP) is 0.746. The molecule has 1 heterocycles. The van der Waals surface area contributed by atoms with Crippen molar-refractivity contribution in [1.82, 2.24) is 25.6 Å². The van der Waals surface area contributed by atoms with Crippen molar-refractivity contribution in [1.29, 1.82) is 0 Å². The summed E-state index contributed by atoms with van der Waals surface area (Å²) in [4.78, 5) is 13.1. The normalized spacial score (nSPS) is 10.5. The van der Waals surface area contributed by atoms with Gasteiger partial charge in [0.2, 0.25) is 0 Å². The SMILES string of the molecule is CCNCCNC(=O)c1cnn(-c2ccc(F)cc2)n1. The van der Waals surface area contributed by atoms with Gasteiger partial charge in [-0.1, -0.05) is 6.92 Å². The van der Waals surface area contributed by atoms with Gasteiger partial charge in [0.05, 0.1) is 11.9 Å². The molecule has 0 saturated carbocycles. The number of aromatic nitrogens is 3. The number of rotatable bonds is 6. The zero-order valence-corrected chi connectivity index (χ0v) is 11.1. The van der Waals surface area contributed by atoms with Crippen LogP contribution in [0.15, 0.2) is 30.5 Å². The minimum atomic E-state index is -0.331. The lowest BCUT2D eigenvalue weighted by Gasteiger charge is -2.03. The number of amides is 1. The molecular formula is C13H16FN5O. The molecule has 1 aromatic carbocycles. The highest BCUT2D eigenvalue weighted by atomic mass is 19.1. The zero-order valence-electron chi connectivity index (χ0n) is 11.1. The van der Waals surface area contributed by atoms with Gasteiger partial charge in [-0.3, -0.25) is 4.79 Å². The molecule has 0 aliphatic heterocycles. The van der Waals surface area contributed by atoms with Crippen LogP contribution < -0.4 is 10.6 Å². The number of hydrogen-bond donors (Lipinski definition) is 2. The lowest BCUT2D eigenvalue weighted by atomic mass is 10.3. The summed E-state index contributed by atoms with van der Waals surface area (Å²) >= 11 is 0. The number of carbonyl (C=O) groups is 1. The Kier molecular flexibility index (Phi) is 4.78. The zero-order chi connectivity index (χ0) is 14.4. The maximum atomic E-state index is 12.8. The van der Waals surface area contributed by atoms with Gasteiger partial charge >= 0.3 is 0 Å². The first-order valence-corrected chi connectivity index (χ1v) is 6.38. The van der Waals surface area contributed by atoms with Gasteiger partial charge in [-0.05, 0) is 30.8 Å². The average molecular weight is 277 g/mol. The molecule has 6 nitrogen and oxygen atoms in total. The van der Waals surface area contributed by atoms with E-state index in [-0.39, 0.29) is 17.4 Å². The van der Waals surface area contributed by atoms with Crippen LogP contribution in [0.3, 0.4) is 0 Å². The molecule has 20 heavy (non-hydrogen) atoms. The smallest absolute Gasteiger partial charge is 0.273 e. The monoisotopic (exact) mass is 277 g/mol. The second kappa shape index (κ2) is 6.76. The van der Waals surface area contributed by atoms with Crippen molar-refractivity contribution >= 4 is 5.91 Å². The summed E-state index contributed by atoms with van der Waals surface area (Å²) in [5, 5.41) is 13.9. The van der Waals surface area contributed by atoms with Crippen LogP contribution in [0.2, 0.25) is 0 Å². The van der Waals surface area contributed by atoms with Crippen LogP contribution >= 0.6 is 0 Å². The molecule has 0 spiro atoms. The molecule has 106 valence electrons. The minimum Gasteiger partial charge on any atom is -0.349 e. The first-order valence-electron chi connectivity index (χ1n) is 6.38. The third kappa shape index (κ3) is 3.61. The van der Waals surface area contributed by atoms with E-state index in [4.69, 9.17) is 0 Å². The molecule has 0 fully saturated rings. The Bertz CT molecular complexity index is 566. The summed E-state index contributed by atoms with van der Waals surface area (Å²) in [6.45, 7) is 4.08. The number of likely N-dealkylation sites (N-methyl/N-ethyl adjacent to an activating group) is 1. The second-order valence-corrected chi connectivity index (χ2v) is 4.11. The Morgan fingerprint density at radius 3 is 2.75 bits per heavy atom. The molecule has 2 aromatic rings. The number of nitrogens with zero attached hydrogens (tertiary/aromatic N) is 3. The molecule has 0 aliphatic rings. The van der Waals surface area contributed by atoms with E-state index in [0.717, 1.165) is 6.54 Å². The molecule has 0 radical (unpaired) electrons. The van der Waals surface area contributed by atoms with E-state index in [1.165, 1.54) is 23.1 Å². The van der Waals surface area contributed by atoms with Crippen molar-refractivity contribution in [2.45, 2.75) is 6.92 Å². The predicted molar refractivity (Wildman–Crippen MR) is 72.2 cm³/mol. The molecule has 0 bridgehead atoms. The average Bonchev–Trinajstić information content (AvgIpc) is 2.94. The summed E-state index contributed by atoms with van der Waals surface area (Å²) in [6, 6.07) is 5.72. The van der Waals surface area contributed by atoms with Crippen LogP contribution in [-0.4, -0.2) is 40.5 Å². The van der Waals surface area contributed by atoms with Gasteiger partial charge < -0.3 is 10.6 Å². The van der Waals surface area contributed by atoms with Crippen LogP contribution in [-0.2, 0) is 0 Å². The van der Waals surface area contributed by atoms with E-state index in [1.54, 1.807) is 12.1 Å². The molecular weight excluding hydrogens is 261 g/mol. The Hall–Kier alpha value is -2.28. The maximum Gasteiger partial charge on any atom is 0.273 e. The van der Waals surface area contributed by atoms with Gasteiger partial charge in [0.1, 0.15) is 5.82 Å². The fourth-order valence-corrected chi connectivity index (χ4v) is 1.60. The molecule has 0 aliphatic carbocycles. The number of benzene rings is 1. The van der Waals surface area contributed by atoms with Crippen LogP contribution in [0.5, 0.6) is 0 Å². The Morgan fingerprint density at radius 1 is 1.30 bits per heavy atom. The maximum absolute atomic E-state index is 12.8. The van der Waals surface area contributed by atoms with Crippen molar-refractivity contribution in [3.05, 3.63) is 42.0 Å². The second-order valence-electron chi connectivity index (χ2n) is 4.11. The number of nitrogens with one attached hydrogen (secondary N) is 2. The van der Waals surface area contributed by atoms with Gasteiger partial charge in [0.25, 0.3) is 5.91 Å². The summed E-state index contributed by atoms with van der Waals surface area (Å²) in [7, 11) is 0. The van der Waals surface area contributed by atoms with Gasteiger partial charge in [-0.2, -0.15) is 9.90 Å². The van der Waals surface area contributed by atoms with Crippen molar-refractivity contribution in [3.8, 4) is 5.69 Å². The summed E-state index contributed by atoms with van der Waals surface area (Å²) in [5.74, 6) is -0.612. The molecule has 2 rings (SSSR count). The van der Waals surface area contributed by atoms with Gasteiger partial charge in [0, 0.05) is 13.1 Å². The molecule has 1 amide bonds. The molecule has 1 aromatic heterocycles. The number of hydrogen-bond acceptors (Lipinski definition) is 4. The lowest BCUT2D eigenvalue weighted by Crippen LogP contribution is -2.32. The fraction of sp³-hybridized carbons (Fsp3) is 0.308. The van der Waals surface area contributed by atoms with Crippen molar-refractivity contribution < 1.29 is 9.18 Å². The summed E-state index contributed by atoms with van der Waals surface area (Å²) in [6.07, 6.45) is 1.38. The van der Waals surface area contributed by atoms with E-state index >= 15 is 0 Å². The van der Waals surface area contributed by atoms with Crippen LogP contribution in [0.1, 0.15) is 17.4 Å². The molecule has 0 unspecified atom stereocenters. The third-order valence-electron chi connectivity index (χ3n) is 2.62. The lowest BCUT2D eigenvalue weighted by molar-refractivity contribution is 0.0948. The quantitative estimate of drug-likeness (QED) is 0.764. The Morgan fingerprint density at radius 2 is 2.05 bits per heavy atom. The molecule has 7 heteroatoms. The van der Waals surface area contributed by atoms with Crippen LogP contribution in [0, 0.1) is 5.82 Å². The first-order chi connectivity index (χ1) is 9.70. The minimum absolute atomic E-state index is 0.228. The molecule has 0 saturated heterocycles. The van der Waals surface area contributed by atoms with Crippen molar-refractivity contribution in [2.24, 2.45) is 0 Å². The van der Waals surface area contributed by atoms with E-state index < -0.39 is 0 Å². The Labute approximate surface area is 116 Å². The summed E-state index contributed by atoms with van der Waals surface area (Å²) in [5.41, 5.74) is 0.823. The summed E-state index contributed by atoms with van der Waals surface area (Å²) < 4.78 is 12.8. The first kappa shape index (κ1) is 14.1. The van der Waals surface area contributed by atoms with Crippen molar-refractivity contribution in [3.63, 3.8) is 0 Å². The molecule has 2 N–H and O–H groups in total. The third-order valence-corrected chi connectivity index (χ3v) is 2.62. The van der Waals surface area contributed by atoms with Gasteiger partial charge in [0.15, 0.2) is 5.69 Å². The van der Waals surface area contributed by atoms with E-state index in [0.29, 0.717) is 18.8 Å². The van der Waals surface area contributed by atoms with E-state index in [1.807, 2.05) is 6.92 Å². The van der Waals surface area contributed by atoms with E-state index in [9.17, 15) is 9.18 Å². The standard InChI is InChI=1S/C13H16FN5O/c1-2-15-7-8-16-13(20)12-9-17-19(18-12)11-5-3-10(14)4-6-11/h3-6,9,15H,2,7-8H2,1H3,(H,16,20). The number of carbonyl (C=O) groups excluding carboxylic acids is 1. The Balaban J connectivity index is 1.98. The molecule has 0 atom stereocenters. The topological polar surface area (TPSA) is 71.8 Å². The highest BCUT2D eigenvalue weighted by Crippen LogP contribution is 2.06. The van der Waals surface area contributed by atoms with E-state index in [2.05, 4.69) is 20.8 Å². The van der Waals surface area contributed by atoms with Gasteiger partial charge in [-0.25, -0.2) is 4.39 Å². The number of halogens is 1. The van der Waals surface area contributed by atoms with Gasteiger partial charge in [-0.15, -0.1) is 5.10 Å². The largest absolute Gasteiger partial charge is 0.349 e. The van der Waals surface area contributed by atoms with Crippen LogP contribution in [0.25, 0.3) is 5.69 Å². The highest BCUT2D eigenvalue weighted by Gasteiger charge is 2.10. The van der Waals surface area contributed by atoms with Crippen LogP contribution in [0.4, 0.5) is 4.39 Å². The van der Waals surface area contributed by atoms with Crippen molar-refractivity contribution in [2.75, 3.05) is 19.6 Å². The highest BCUT2D eigenvalue weighted by molar-refractivity contribution is 5.91. The fourth-order valence-electron chi connectivity index (χ4n) is 1.60.